The summed E-state index contributed by atoms with van der Waals surface area (Å²) < 4.78 is 40.7. The number of amides is 1. The minimum atomic E-state index is -4.90. The van der Waals surface area contributed by atoms with Crippen LogP contribution in [0.1, 0.15) is 6.92 Å². The fraction of sp³-hybridized carbons (Fsp3) is 0.300. The van der Waals surface area contributed by atoms with Gasteiger partial charge < -0.3 is 10.1 Å². The molecule has 1 aromatic rings. The lowest BCUT2D eigenvalue weighted by atomic mass is 10.3. The van der Waals surface area contributed by atoms with Gasteiger partial charge in [-0.2, -0.15) is 13.2 Å². The predicted molar refractivity (Wildman–Crippen MR) is 49.6 cm³/mol. The summed E-state index contributed by atoms with van der Waals surface area (Å²) in [5.41, 5.74) is 0. The monoisotopic (exact) mass is 232 g/mol. The van der Waals surface area contributed by atoms with Crippen molar-refractivity contribution < 1.29 is 22.7 Å². The Morgan fingerprint density at radius 1 is 1.44 bits per heavy atom. The van der Waals surface area contributed by atoms with Crippen molar-refractivity contribution in [2.24, 2.45) is 0 Å². The van der Waals surface area contributed by atoms with Gasteiger partial charge in [0.15, 0.2) is 6.23 Å². The van der Waals surface area contributed by atoms with Crippen molar-refractivity contribution in [1.29, 1.82) is 0 Å². The molecule has 0 aliphatic carbocycles. The molecule has 87 valence electrons. The van der Waals surface area contributed by atoms with E-state index in [0.29, 0.717) is 5.75 Å². The molecule has 0 aliphatic heterocycles. The average Bonchev–Trinajstić information content (AvgIpc) is 2.17. The van der Waals surface area contributed by atoms with Crippen LogP contribution in [0.4, 0.5) is 13.2 Å². The summed E-state index contributed by atoms with van der Waals surface area (Å²) in [5.74, 6) is -1.67. The van der Waals surface area contributed by atoms with E-state index >= 15 is 0 Å². The zero-order valence-electron chi connectivity index (χ0n) is 8.34. The summed E-state index contributed by atoms with van der Waals surface area (Å²) in [6, 6.07) is 8.87. The van der Waals surface area contributed by atoms with Crippen molar-refractivity contribution in [2.75, 3.05) is 0 Å². The standard InChI is InChI=1S/C10H9F3NO2/c1-7(14-9(15)10(11,12)13)16-8-5-3-2-4-6-8/h3-7H,1H3,(H,14,15). The van der Waals surface area contributed by atoms with Crippen molar-refractivity contribution in [3.05, 3.63) is 30.3 Å². The van der Waals surface area contributed by atoms with Crippen molar-refractivity contribution in [1.82, 2.24) is 5.32 Å². The molecule has 1 aromatic carbocycles. The molecule has 0 heterocycles. The highest BCUT2D eigenvalue weighted by Crippen LogP contribution is 2.15. The molecule has 1 rings (SSSR count). The molecule has 1 atom stereocenters. The van der Waals surface area contributed by atoms with Gasteiger partial charge in [0, 0.05) is 0 Å². The lowest BCUT2D eigenvalue weighted by Gasteiger charge is -2.16. The number of ether oxygens (including phenoxy) is 1. The Bertz CT molecular complexity index is 351. The van der Waals surface area contributed by atoms with Crippen LogP contribution >= 0.6 is 0 Å². The van der Waals surface area contributed by atoms with E-state index in [1.54, 1.807) is 17.4 Å². The van der Waals surface area contributed by atoms with Crippen LogP contribution in [0, 0.1) is 6.07 Å². The second-order valence-electron chi connectivity index (χ2n) is 2.97. The van der Waals surface area contributed by atoms with Crippen LogP contribution in [0.2, 0.25) is 0 Å². The molecule has 6 heteroatoms. The number of carbonyl (C=O) groups excluding carboxylic acids is 1. The smallest absolute Gasteiger partial charge is 0.471 e. The van der Waals surface area contributed by atoms with Crippen LogP contribution in [0.25, 0.3) is 0 Å². The lowest BCUT2D eigenvalue weighted by molar-refractivity contribution is -0.175. The molecule has 1 radical (unpaired) electrons. The van der Waals surface area contributed by atoms with E-state index in [1.807, 2.05) is 0 Å². The number of rotatable bonds is 3. The zero-order valence-corrected chi connectivity index (χ0v) is 8.34. The summed E-state index contributed by atoms with van der Waals surface area (Å²) in [7, 11) is 0. The molecule has 1 N–H and O–H groups in total. The largest absolute Gasteiger partial charge is 0.471 e. The Labute approximate surface area is 90.2 Å². The average molecular weight is 232 g/mol. The Hall–Kier alpha value is -1.72. The van der Waals surface area contributed by atoms with Gasteiger partial charge in [0.1, 0.15) is 5.75 Å². The topological polar surface area (TPSA) is 38.3 Å². The van der Waals surface area contributed by atoms with E-state index in [1.165, 1.54) is 19.1 Å². The van der Waals surface area contributed by atoms with Gasteiger partial charge in [-0.05, 0) is 25.1 Å². The summed E-state index contributed by atoms with van der Waals surface area (Å²) in [4.78, 5) is 10.5. The third-order valence-corrected chi connectivity index (χ3v) is 1.59. The molecule has 3 nitrogen and oxygen atoms in total. The van der Waals surface area contributed by atoms with E-state index in [-0.39, 0.29) is 0 Å². The Balaban J connectivity index is 2.49. The van der Waals surface area contributed by atoms with Crippen molar-refractivity contribution in [2.45, 2.75) is 19.3 Å². The highest BCUT2D eigenvalue weighted by atomic mass is 19.4. The first kappa shape index (κ1) is 12.4. The number of carbonyl (C=O) groups is 1. The van der Waals surface area contributed by atoms with E-state index in [0.717, 1.165) is 0 Å². The van der Waals surface area contributed by atoms with E-state index in [4.69, 9.17) is 4.74 Å². The SMILES string of the molecule is CC(NC(=O)C(F)(F)F)Oc1cc[c]cc1. The molecule has 0 fully saturated rings. The van der Waals surface area contributed by atoms with E-state index < -0.39 is 18.3 Å². The van der Waals surface area contributed by atoms with Crippen LogP contribution in [0.5, 0.6) is 5.75 Å². The fourth-order valence-electron chi connectivity index (χ4n) is 0.950. The van der Waals surface area contributed by atoms with Gasteiger partial charge in [-0.25, -0.2) is 0 Å². The molecule has 1 amide bonds. The quantitative estimate of drug-likeness (QED) is 0.808. The maximum Gasteiger partial charge on any atom is 0.471 e. The second-order valence-corrected chi connectivity index (χ2v) is 2.97. The fourth-order valence-corrected chi connectivity index (χ4v) is 0.950. The molecule has 1 unspecified atom stereocenters. The van der Waals surface area contributed by atoms with Crippen molar-refractivity contribution in [3.63, 3.8) is 0 Å². The van der Waals surface area contributed by atoms with Crippen molar-refractivity contribution in [3.8, 4) is 5.75 Å². The third kappa shape index (κ3) is 3.80. The van der Waals surface area contributed by atoms with E-state index in [2.05, 4.69) is 6.07 Å². The molecule has 0 saturated carbocycles. The van der Waals surface area contributed by atoms with Gasteiger partial charge >= 0.3 is 12.1 Å². The molecule has 0 saturated heterocycles. The van der Waals surface area contributed by atoms with Gasteiger partial charge in [0.05, 0.1) is 0 Å². The zero-order chi connectivity index (χ0) is 12.2. The summed E-state index contributed by atoms with van der Waals surface area (Å²) in [5, 5.41) is 1.67. The molecule has 0 aliphatic rings. The highest BCUT2D eigenvalue weighted by molar-refractivity contribution is 5.81. The van der Waals surface area contributed by atoms with Crippen molar-refractivity contribution >= 4 is 5.91 Å². The Morgan fingerprint density at radius 3 is 2.50 bits per heavy atom. The number of hydrogen-bond acceptors (Lipinski definition) is 2. The Morgan fingerprint density at radius 2 is 2.00 bits per heavy atom. The van der Waals surface area contributed by atoms with Gasteiger partial charge in [-0.1, -0.05) is 12.1 Å². The predicted octanol–water partition coefficient (Wildman–Crippen LogP) is 1.89. The number of hydrogen-bond donors (Lipinski definition) is 1. The summed E-state index contributed by atoms with van der Waals surface area (Å²) >= 11 is 0. The van der Waals surface area contributed by atoms with Gasteiger partial charge in [-0.15, -0.1) is 0 Å². The van der Waals surface area contributed by atoms with Gasteiger partial charge in [0.2, 0.25) is 0 Å². The highest BCUT2D eigenvalue weighted by Gasteiger charge is 2.39. The summed E-state index contributed by atoms with van der Waals surface area (Å²) in [6.45, 7) is 1.31. The number of benzene rings is 1. The van der Waals surface area contributed by atoms with Crippen LogP contribution < -0.4 is 10.1 Å². The first-order valence-corrected chi connectivity index (χ1v) is 4.40. The number of halogens is 3. The third-order valence-electron chi connectivity index (χ3n) is 1.59. The van der Waals surface area contributed by atoms with Gasteiger partial charge in [-0.3, -0.25) is 4.79 Å². The first-order valence-electron chi connectivity index (χ1n) is 4.40. The first-order chi connectivity index (χ1) is 7.39. The summed E-state index contributed by atoms with van der Waals surface area (Å²) in [6.07, 6.45) is -5.96. The number of alkyl halides is 3. The van der Waals surface area contributed by atoms with Crippen LogP contribution in [-0.2, 0) is 4.79 Å². The maximum atomic E-state index is 11.9. The molecular weight excluding hydrogens is 223 g/mol. The maximum absolute atomic E-state index is 11.9. The minimum Gasteiger partial charge on any atom is -0.471 e. The Kier molecular flexibility index (Phi) is 3.76. The molecule has 0 bridgehead atoms. The van der Waals surface area contributed by atoms with E-state index in [9.17, 15) is 18.0 Å². The lowest BCUT2D eigenvalue weighted by Crippen LogP contribution is -2.44. The van der Waals surface area contributed by atoms with Crippen LogP contribution in [-0.4, -0.2) is 18.3 Å². The molecular formula is C10H9F3NO2. The van der Waals surface area contributed by atoms with Gasteiger partial charge in [0.25, 0.3) is 0 Å². The second kappa shape index (κ2) is 4.87. The normalized spacial score (nSPS) is 13.0. The molecule has 0 aromatic heterocycles. The molecule has 16 heavy (non-hydrogen) atoms. The minimum absolute atomic E-state index is 0.355. The molecule has 0 spiro atoms. The number of nitrogens with one attached hydrogen (secondary N) is 1. The van der Waals surface area contributed by atoms with Crippen LogP contribution in [0.15, 0.2) is 24.3 Å². The van der Waals surface area contributed by atoms with Crippen LogP contribution in [0.3, 0.4) is 0 Å².